The van der Waals surface area contributed by atoms with Crippen LogP contribution in [0.1, 0.15) is 25.5 Å². The highest BCUT2D eigenvalue weighted by molar-refractivity contribution is 6.30. The molecule has 3 rings (SSSR count). The summed E-state index contributed by atoms with van der Waals surface area (Å²) in [7, 11) is 0. The number of aromatic nitrogens is 1. The van der Waals surface area contributed by atoms with Crippen molar-refractivity contribution in [1.29, 1.82) is 0 Å². The largest absolute Gasteiger partial charge is 0.481 e. The number of carbonyl (C=O) groups excluding carboxylic acids is 3. The van der Waals surface area contributed by atoms with Gasteiger partial charge in [0, 0.05) is 29.5 Å². The summed E-state index contributed by atoms with van der Waals surface area (Å²) in [5.41, 5.74) is 5.78. The molecule has 13 heteroatoms. The molecule has 0 saturated heterocycles. The van der Waals surface area contributed by atoms with Gasteiger partial charge in [0.05, 0.1) is 6.42 Å². The maximum absolute atomic E-state index is 12.5. The fraction of sp³-hybridized carbons (Fsp3) is 0.231. The minimum atomic E-state index is -2.50. The third-order valence-electron chi connectivity index (χ3n) is 5.82. The SMILES string of the molecule is CC(NC(=O)[C@H](CC(=O)O)NC(=O)CCc1cc(-c2ccc(-c3cccc(Cl)c3)cc2)no1)(C(N)=O)C(=O)O. The first kappa shape index (κ1) is 28.9. The zero-order valence-electron chi connectivity index (χ0n) is 20.6. The van der Waals surface area contributed by atoms with Crippen molar-refractivity contribution in [3.8, 4) is 22.4 Å². The van der Waals surface area contributed by atoms with E-state index in [0.29, 0.717) is 16.5 Å². The minimum absolute atomic E-state index is 0.0783. The lowest BCUT2D eigenvalue weighted by molar-refractivity contribution is -0.152. The Morgan fingerprint density at radius 2 is 1.69 bits per heavy atom. The first-order chi connectivity index (χ1) is 18.4. The Morgan fingerprint density at radius 1 is 1.03 bits per heavy atom. The molecule has 2 aromatic carbocycles. The number of rotatable bonds is 12. The molecule has 0 fully saturated rings. The molecule has 12 nitrogen and oxygen atoms in total. The van der Waals surface area contributed by atoms with Crippen LogP contribution in [0.15, 0.2) is 59.1 Å². The fourth-order valence-corrected chi connectivity index (χ4v) is 3.70. The van der Waals surface area contributed by atoms with Gasteiger partial charge in [-0.2, -0.15) is 0 Å². The van der Waals surface area contributed by atoms with Crippen LogP contribution in [0.3, 0.4) is 0 Å². The Hall–Kier alpha value is -4.71. The van der Waals surface area contributed by atoms with Crippen LogP contribution < -0.4 is 16.4 Å². The van der Waals surface area contributed by atoms with Crippen molar-refractivity contribution in [1.82, 2.24) is 15.8 Å². The lowest BCUT2D eigenvalue weighted by Gasteiger charge is -2.25. The van der Waals surface area contributed by atoms with Crippen molar-refractivity contribution in [2.24, 2.45) is 5.73 Å². The van der Waals surface area contributed by atoms with Crippen molar-refractivity contribution >= 4 is 41.3 Å². The van der Waals surface area contributed by atoms with Crippen molar-refractivity contribution in [2.45, 2.75) is 37.8 Å². The van der Waals surface area contributed by atoms with Crippen molar-refractivity contribution < 1.29 is 38.7 Å². The van der Waals surface area contributed by atoms with Gasteiger partial charge < -0.3 is 31.1 Å². The number of benzene rings is 2. The number of primary amides is 1. The van der Waals surface area contributed by atoms with Gasteiger partial charge in [0.2, 0.25) is 17.4 Å². The summed E-state index contributed by atoms with van der Waals surface area (Å²) >= 11 is 6.05. The molecule has 0 aliphatic carbocycles. The van der Waals surface area contributed by atoms with E-state index in [0.717, 1.165) is 23.6 Å². The molecule has 1 heterocycles. The summed E-state index contributed by atoms with van der Waals surface area (Å²) in [4.78, 5) is 59.1. The molecule has 3 aromatic rings. The number of aliphatic carboxylic acids is 2. The van der Waals surface area contributed by atoms with Crippen LogP contribution >= 0.6 is 11.6 Å². The van der Waals surface area contributed by atoms with Crippen molar-refractivity contribution in [3.63, 3.8) is 0 Å². The number of nitrogens with two attached hydrogens (primary N) is 1. The summed E-state index contributed by atoms with van der Waals surface area (Å²) in [6.07, 6.45) is -0.976. The van der Waals surface area contributed by atoms with E-state index < -0.39 is 47.7 Å². The highest BCUT2D eigenvalue weighted by Crippen LogP contribution is 2.26. The molecule has 3 amide bonds. The monoisotopic (exact) mass is 556 g/mol. The van der Waals surface area contributed by atoms with Crippen LogP contribution in [0.25, 0.3) is 22.4 Å². The molecule has 1 aromatic heterocycles. The zero-order chi connectivity index (χ0) is 28.7. The first-order valence-corrected chi connectivity index (χ1v) is 12.0. The van der Waals surface area contributed by atoms with Crippen LogP contribution in [0.5, 0.6) is 0 Å². The third kappa shape index (κ3) is 7.42. The van der Waals surface area contributed by atoms with Crippen LogP contribution in [-0.2, 0) is 30.4 Å². The van der Waals surface area contributed by atoms with E-state index in [-0.39, 0.29) is 12.8 Å². The molecule has 0 radical (unpaired) electrons. The number of nitrogens with zero attached hydrogens (tertiary/aromatic N) is 1. The molecule has 1 unspecified atom stereocenters. The second-order valence-electron chi connectivity index (χ2n) is 8.77. The van der Waals surface area contributed by atoms with Crippen LogP contribution in [0, 0.1) is 0 Å². The number of halogens is 1. The number of aryl methyl sites for hydroxylation is 1. The number of carboxylic acids is 2. The number of hydrogen-bond donors (Lipinski definition) is 5. The molecule has 0 saturated carbocycles. The van der Waals surface area contributed by atoms with E-state index in [1.165, 1.54) is 0 Å². The Balaban J connectivity index is 1.61. The fourth-order valence-electron chi connectivity index (χ4n) is 3.51. The third-order valence-corrected chi connectivity index (χ3v) is 6.06. The molecule has 6 N–H and O–H groups in total. The normalized spacial score (nSPS) is 13.1. The molecule has 39 heavy (non-hydrogen) atoms. The van der Waals surface area contributed by atoms with E-state index in [4.69, 9.17) is 27.0 Å². The molecule has 204 valence electrons. The lowest BCUT2D eigenvalue weighted by atomic mass is 10.0. The van der Waals surface area contributed by atoms with Crippen LogP contribution in [0.4, 0.5) is 0 Å². The summed E-state index contributed by atoms with van der Waals surface area (Å²) in [5.74, 6) is -6.10. The Bertz CT molecular complexity index is 1390. The Kier molecular flexibility index (Phi) is 9.04. The predicted octanol–water partition coefficient (Wildman–Crippen LogP) is 2.00. The van der Waals surface area contributed by atoms with Gasteiger partial charge in [-0.25, -0.2) is 4.79 Å². The van der Waals surface area contributed by atoms with Crippen molar-refractivity contribution in [2.75, 3.05) is 0 Å². The summed E-state index contributed by atoms with van der Waals surface area (Å²) in [6.45, 7) is 0.849. The van der Waals surface area contributed by atoms with Gasteiger partial charge in [0.1, 0.15) is 17.5 Å². The number of amides is 3. The van der Waals surface area contributed by atoms with Gasteiger partial charge in [-0.15, -0.1) is 0 Å². The predicted molar refractivity (Wildman–Crippen MR) is 138 cm³/mol. The maximum Gasteiger partial charge on any atom is 0.339 e. The smallest absolute Gasteiger partial charge is 0.339 e. The molecule has 0 aliphatic rings. The highest BCUT2D eigenvalue weighted by atomic mass is 35.5. The van der Waals surface area contributed by atoms with Crippen LogP contribution in [-0.4, -0.2) is 56.6 Å². The average molecular weight is 557 g/mol. The summed E-state index contributed by atoms with van der Waals surface area (Å²) < 4.78 is 5.30. The summed E-state index contributed by atoms with van der Waals surface area (Å²) in [5, 5.41) is 27.1. The van der Waals surface area contributed by atoms with Crippen LogP contribution in [0.2, 0.25) is 5.02 Å². The van der Waals surface area contributed by atoms with Gasteiger partial charge in [0.25, 0.3) is 5.91 Å². The Morgan fingerprint density at radius 3 is 2.28 bits per heavy atom. The zero-order valence-corrected chi connectivity index (χ0v) is 21.4. The average Bonchev–Trinajstić information content (AvgIpc) is 3.36. The second kappa shape index (κ2) is 12.2. The Labute approximate surface area is 227 Å². The van der Waals surface area contributed by atoms with Crippen molar-refractivity contribution in [3.05, 3.63) is 65.4 Å². The number of carboxylic acid groups (broad SMARTS) is 2. The standard InChI is InChI=1S/C26H25ClN4O8/c1-26(24(28)36,25(37)38)30-23(35)20(13-22(33)34)29-21(32)10-9-18-12-19(31-39-18)15-7-5-14(6-8-15)16-3-2-4-17(27)11-16/h2-8,11-12,20H,9-10,13H2,1H3,(H2,28,36)(H,29,32)(H,30,35)(H,33,34)(H,37,38)/t20-,26?/m0/s1. The molecule has 2 atom stereocenters. The van der Waals surface area contributed by atoms with E-state index in [1.807, 2.05) is 47.8 Å². The van der Waals surface area contributed by atoms with Gasteiger partial charge in [-0.1, -0.05) is 53.2 Å². The highest BCUT2D eigenvalue weighted by Gasteiger charge is 2.43. The maximum atomic E-state index is 12.5. The minimum Gasteiger partial charge on any atom is -0.481 e. The second-order valence-corrected chi connectivity index (χ2v) is 9.20. The topological polar surface area (TPSA) is 202 Å². The molecular weight excluding hydrogens is 532 g/mol. The number of nitrogens with one attached hydrogen (secondary N) is 2. The van der Waals surface area contributed by atoms with Gasteiger partial charge in [-0.3, -0.25) is 19.2 Å². The molecule has 0 bridgehead atoms. The number of hydrogen-bond acceptors (Lipinski definition) is 7. The number of carbonyl (C=O) groups is 5. The van der Waals surface area contributed by atoms with E-state index in [9.17, 15) is 29.1 Å². The molecule has 0 aliphatic heterocycles. The van der Waals surface area contributed by atoms with Gasteiger partial charge in [0.15, 0.2) is 0 Å². The summed E-state index contributed by atoms with van der Waals surface area (Å²) in [6, 6.07) is 15.0. The quantitative estimate of drug-likeness (QED) is 0.207. The van der Waals surface area contributed by atoms with Gasteiger partial charge in [-0.05, 0) is 30.2 Å². The van der Waals surface area contributed by atoms with E-state index in [1.54, 1.807) is 12.1 Å². The van der Waals surface area contributed by atoms with Gasteiger partial charge >= 0.3 is 11.9 Å². The first-order valence-electron chi connectivity index (χ1n) is 11.6. The molecule has 0 spiro atoms. The lowest BCUT2D eigenvalue weighted by Crippen LogP contribution is -2.64. The van der Waals surface area contributed by atoms with E-state index in [2.05, 4.69) is 10.5 Å². The van der Waals surface area contributed by atoms with E-state index >= 15 is 0 Å². The molecular formula is C26H25ClN4O8.